The van der Waals surface area contributed by atoms with Gasteiger partial charge in [-0.15, -0.1) is 0 Å². The van der Waals surface area contributed by atoms with E-state index in [1.807, 2.05) is 13.8 Å². The average Bonchev–Trinajstić information content (AvgIpc) is 2.46. The largest absolute Gasteiger partial charge is 0.478 e. The number of nitrogens with one attached hydrogen (secondary N) is 1. The lowest BCUT2D eigenvalue weighted by Crippen LogP contribution is -2.51. The van der Waals surface area contributed by atoms with Crippen LogP contribution in [0.15, 0.2) is 12.1 Å². The van der Waals surface area contributed by atoms with Crippen LogP contribution in [-0.2, 0) is 0 Å². The molecule has 21 heavy (non-hydrogen) atoms. The molecule has 0 saturated heterocycles. The standard InChI is InChI=1S/C16H23NO4/c1-5-16(6-2,9-18)17-14(19)12-10(3)7-8-11(4)13(12)15(20)21/h7-8,18H,5-6,9H2,1-4H3,(H,17,19)(H,20,21). The summed E-state index contributed by atoms with van der Waals surface area (Å²) in [6, 6.07) is 3.42. The maximum absolute atomic E-state index is 12.5. The molecule has 5 heteroatoms. The minimum absolute atomic E-state index is 0.0199. The topological polar surface area (TPSA) is 86.6 Å². The summed E-state index contributed by atoms with van der Waals surface area (Å²) in [7, 11) is 0. The smallest absolute Gasteiger partial charge is 0.336 e. The second-order valence-electron chi connectivity index (χ2n) is 5.35. The first-order valence-corrected chi connectivity index (χ1v) is 7.08. The lowest BCUT2D eigenvalue weighted by atomic mass is 9.91. The van der Waals surface area contributed by atoms with Gasteiger partial charge in [-0.1, -0.05) is 26.0 Å². The molecular formula is C16H23NO4. The van der Waals surface area contributed by atoms with Crippen LogP contribution in [0.4, 0.5) is 0 Å². The number of aryl methyl sites for hydroxylation is 2. The van der Waals surface area contributed by atoms with E-state index in [4.69, 9.17) is 0 Å². The Morgan fingerprint density at radius 1 is 1.10 bits per heavy atom. The van der Waals surface area contributed by atoms with E-state index in [-0.39, 0.29) is 17.7 Å². The minimum Gasteiger partial charge on any atom is -0.478 e. The molecule has 0 heterocycles. The zero-order valence-corrected chi connectivity index (χ0v) is 13.0. The molecule has 0 radical (unpaired) electrons. The highest BCUT2D eigenvalue weighted by Crippen LogP contribution is 2.21. The number of hydrogen-bond donors (Lipinski definition) is 3. The highest BCUT2D eigenvalue weighted by Gasteiger charge is 2.30. The fourth-order valence-electron chi connectivity index (χ4n) is 2.37. The van der Waals surface area contributed by atoms with Crippen LogP contribution >= 0.6 is 0 Å². The molecule has 0 aliphatic heterocycles. The molecular weight excluding hydrogens is 270 g/mol. The van der Waals surface area contributed by atoms with Gasteiger partial charge in [0.05, 0.1) is 23.3 Å². The zero-order valence-electron chi connectivity index (χ0n) is 13.0. The van der Waals surface area contributed by atoms with Gasteiger partial charge >= 0.3 is 5.97 Å². The van der Waals surface area contributed by atoms with E-state index in [2.05, 4.69) is 5.32 Å². The molecule has 0 aromatic heterocycles. The van der Waals surface area contributed by atoms with Gasteiger partial charge in [0.15, 0.2) is 0 Å². The van der Waals surface area contributed by atoms with Crippen LogP contribution in [0.3, 0.4) is 0 Å². The number of carboxylic acid groups (broad SMARTS) is 1. The van der Waals surface area contributed by atoms with Crippen LogP contribution < -0.4 is 5.32 Å². The Balaban J connectivity index is 3.31. The molecule has 1 amide bonds. The van der Waals surface area contributed by atoms with Crippen LogP contribution in [0, 0.1) is 13.8 Å². The SMILES string of the molecule is CCC(CC)(CO)NC(=O)c1c(C)ccc(C)c1C(=O)O. The number of aromatic carboxylic acids is 1. The number of rotatable bonds is 6. The normalized spacial score (nSPS) is 11.3. The summed E-state index contributed by atoms with van der Waals surface area (Å²) < 4.78 is 0. The number of carbonyl (C=O) groups excluding carboxylic acids is 1. The fraction of sp³-hybridized carbons (Fsp3) is 0.500. The number of aliphatic hydroxyl groups is 1. The van der Waals surface area contributed by atoms with Crippen LogP contribution in [-0.4, -0.2) is 34.2 Å². The van der Waals surface area contributed by atoms with E-state index in [0.717, 1.165) is 0 Å². The molecule has 0 saturated carbocycles. The van der Waals surface area contributed by atoms with Crippen molar-refractivity contribution in [3.8, 4) is 0 Å². The molecule has 1 rings (SSSR count). The Bertz CT molecular complexity index is 539. The maximum atomic E-state index is 12.5. The Hall–Kier alpha value is -1.88. The van der Waals surface area contributed by atoms with E-state index in [1.165, 1.54) is 0 Å². The minimum atomic E-state index is -1.12. The molecule has 116 valence electrons. The molecule has 5 nitrogen and oxygen atoms in total. The Kier molecular flexibility index (Phi) is 5.49. The van der Waals surface area contributed by atoms with Crippen molar-refractivity contribution in [1.82, 2.24) is 5.32 Å². The predicted molar refractivity (Wildman–Crippen MR) is 80.7 cm³/mol. The van der Waals surface area contributed by atoms with Crippen molar-refractivity contribution >= 4 is 11.9 Å². The third-order valence-corrected chi connectivity index (χ3v) is 4.10. The lowest BCUT2D eigenvalue weighted by Gasteiger charge is -2.31. The van der Waals surface area contributed by atoms with Crippen molar-refractivity contribution in [1.29, 1.82) is 0 Å². The number of carbonyl (C=O) groups is 2. The van der Waals surface area contributed by atoms with Crippen molar-refractivity contribution in [2.24, 2.45) is 0 Å². The second kappa shape index (κ2) is 6.72. The monoisotopic (exact) mass is 293 g/mol. The highest BCUT2D eigenvalue weighted by molar-refractivity contribution is 6.07. The molecule has 0 aliphatic rings. The van der Waals surface area contributed by atoms with Gasteiger partial charge in [0, 0.05) is 0 Å². The number of benzene rings is 1. The summed E-state index contributed by atoms with van der Waals surface area (Å²) in [4.78, 5) is 24.0. The first kappa shape index (κ1) is 17.2. The van der Waals surface area contributed by atoms with Gasteiger partial charge in [0.2, 0.25) is 0 Å². The second-order valence-corrected chi connectivity index (χ2v) is 5.35. The summed E-state index contributed by atoms with van der Waals surface area (Å²) in [5.74, 6) is -1.57. The summed E-state index contributed by atoms with van der Waals surface area (Å²) in [5, 5.41) is 21.7. The Morgan fingerprint density at radius 3 is 1.95 bits per heavy atom. The molecule has 1 aromatic rings. The number of aliphatic hydroxyl groups excluding tert-OH is 1. The van der Waals surface area contributed by atoms with Crippen molar-refractivity contribution < 1.29 is 19.8 Å². The van der Waals surface area contributed by atoms with E-state index >= 15 is 0 Å². The third kappa shape index (κ3) is 3.42. The van der Waals surface area contributed by atoms with Gasteiger partial charge < -0.3 is 15.5 Å². The van der Waals surface area contributed by atoms with E-state index in [9.17, 15) is 19.8 Å². The molecule has 3 N–H and O–H groups in total. The van der Waals surface area contributed by atoms with Gasteiger partial charge in [-0.25, -0.2) is 4.79 Å². The molecule has 0 aliphatic carbocycles. The van der Waals surface area contributed by atoms with Crippen molar-refractivity contribution in [3.05, 3.63) is 34.4 Å². The highest BCUT2D eigenvalue weighted by atomic mass is 16.4. The number of carboxylic acids is 1. The summed E-state index contributed by atoms with van der Waals surface area (Å²) in [5.41, 5.74) is 0.618. The van der Waals surface area contributed by atoms with Gasteiger partial charge in [0.1, 0.15) is 0 Å². The molecule has 0 fully saturated rings. The van der Waals surface area contributed by atoms with Crippen molar-refractivity contribution in [2.45, 2.75) is 46.1 Å². The van der Waals surface area contributed by atoms with E-state index < -0.39 is 17.4 Å². The van der Waals surface area contributed by atoms with E-state index in [0.29, 0.717) is 24.0 Å². The molecule has 0 spiro atoms. The molecule has 1 aromatic carbocycles. The zero-order chi connectivity index (χ0) is 16.2. The summed E-state index contributed by atoms with van der Waals surface area (Å²) >= 11 is 0. The van der Waals surface area contributed by atoms with Crippen LogP contribution in [0.1, 0.15) is 58.5 Å². The average molecular weight is 293 g/mol. The maximum Gasteiger partial charge on any atom is 0.336 e. The quantitative estimate of drug-likeness (QED) is 0.751. The third-order valence-electron chi connectivity index (χ3n) is 4.10. The first-order valence-electron chi connectivity index (χ1n) is 7.08. The number of amides is 1. The van der Waals surface area contributed by atoms with Gasteiger partial charge in [-0.05, 0) is 37.8 Å². The van der Waals surface area contributed by atoms with Gasteiger partial charge in [0.25, 0.3) is 5.91 Å². The van der Waals surface area contributed by atoms with Crippen LogP contribution in [0.2, 0.25) is 0 Å². The summed E-state index contributed by atoms with van der Waals surface area (Å²) in [6.07, 6.45) is 1.14. The molecule has 0 unspecified atom stereocenters. The van der Waals surface area contributed by atoms with Crippen molar-refractivity contribution in [2.75, 3.05) is 6.61 Å². The molecule has 0 bridgehead atoms. The van der Waals surface area contributed by atoms with Crippen molar-refractivity contribution in [3.63, 3.8) is 0 Å². The molecule has 0 atom stereocenters. The summed E-state index contributed by atoms with van der Waals surface area (Å²) in [6.45, 7) is 6.94. The lowest BCUT2D eigenvalue weighted by molar-refractivity contribution is 0.0684. The van der Waals surface area contributed by atoms with Crippen LogP contribution in [0.25, 0.3) is 0 Å². The predicted octanol–water partition coefficient (Wildman–Crippen LogP) is 2.28. The first-order chi connectivity index (χ1) is 9.81. The number of hydrogen-bond acceptors (Lipinski definition) is 3. The van der Waals surface area contributed by atoms with E-state index in [1.54, 1.807) is 26.0 Å². The van der Waals surface area contributed by atoms with Crippen LogP contribution in [0.5, 0.6) is 0 Å². The van der Waals surface area contributed by atoms with Gasteiger partial charge in [-0.2, -0.15) is 0 Å². The Morgan fingerprint density at radius 2 is 1.57 bits per heavy atom. The fourth-order valence-corrected chi connectivity index (χ4v) is 2.37. The van der Waals surface area contributed by atoms with Gasteiger partial charge in [-0.3, -0.25) is 4.79 Å². The Labute approximate surface area is 125 Å².